The zero-order valence-corrected chi connectivity index (χ0v) is 24.1. The summed E-state index contributed by atoms with van der Waals surface area (Å²) in [4.78, 5) is 54.1. The maximum atomic E-state index is 13.1. The van der Waals surface area contributed by atoms with Crippen LogP contribution in [0.5, 0.6) is 0 Å². The van der Waals surface area contributed by atoms with Gasteiger partial charge in [-0.25, -0.2) is 9.67 Å². The standard InChI is InChI=1S/C27H35F2N11O4/c1-2-20(41)30-7-3-4-22(43)37-8-5-18(6-9-37)34-21(42)15-31-24-23-25(36-27(35-24)38-10-12-44-13-11-38)39(17-32-23)19-14-33-40(16-19)26(28)29/h2,14,16-18,26H,1,3-13,15H2,(H,30,41)(H,34,42)(H,31,35,36). The van der Waals surface area contributed by atoms with Crippen molar-refractivity contribution >= 4 is 40.7 Å². The fourth-order valence-electron chi connectivity index (χ4n) is 5.06. The summed E-state index contributed by atoms with van der Waals surface area (Å²) < 4.78 is 33.8. The first-order valence-electron chi connectivity index (χ1n) is 14.4. The maximum absolute atomic E-state index is 13.1. The number of ether oxygens (including phenoxy) is 1. The van der Waals surface area contributed by atoms with E-state index in [1.54, 1.807) is 9.47 Å². The second-order valence-corrected chi connectivity index (χ2v) is 10.4. The molecule has 0 unspecified atom stereocenters. The number of imidazole rings is 1. The molecule has 2 aliphatic rings. The van der Waals surface area contributed by atoms with E-state index in [9.17, 15) is 23.2 Å². The molecule has 236 valence electrons. The quantitative estimate of drug-likeness (QED) is 0.197. The number of hydrogen-bond acceptors (Lipinski definition) is 10. The Morgan fingerprint density at radius 1 is 1.14 bits per heavy atom. The lowest BCUT2D eigenvalue weighted by Gasteiger charge is -2.32. The summed E-state index contributed by atoms with van der Waals surface area (Å²) in [6.07, 6.45) is 7.27. The molecule has 0 saturated carbocycles. The van der Waals surface area contributed by atoms with Gasteiger partial charge < -0.3 is 30.5 Å². The Bertz CT molecular complexity index is 1480. The number of amides is 3. The molecule has 5 heterocycles. The Morgan fingerprint density at radius 3 is 2.61 bits per heavy atom. The number of hydrogen-bond donors (Lipinski definition) is 3. The third-order valence-corrected chi connectivity index (χ3v) is 7.43. The van der Waals surface area contributed by atoms with Gasteiger partial charge in [0.15, 0.2) is 17.0 Å². The number of halogens is 2. The minimum absolute atomic E-state index is 0.0223. The number of nitrogens with one attached hydrogen (secondary N) is 3. The summed E-state index contributed by atoms with van der Waals surface area (Å²) >= 11 is 0. The first kappa shape index (κ1) is 30.8. The van der Waals surface area contributed by atoms with Crippen LogP contribution in [-0.2, 0) is 19.1 Å². The smallest absolute Gasteiger partial charge is 0.333 e. The van der Waals surface area contributed by atoms with E-state index < -0.39 is 6.55 Å². The van der Waals surface area contributed by atoms with Crippen molar-refractivity contribution in [2.75, 3.05) is 62.7 Å². The lowest BCUT2D eigenvalue weighted by molar-refractivity contribution is -0.132. The normalized spacial score (nSPS) is 15.9. The molecular weight excluding hydrogens is 580 g/mol. The highest BCUT2D eigenvalue weighted by molar-refractivity contribution is 5.88. The van der Waals surface area contributed by atoms with Crippen molar-refractivity contribution in [3.63, 3.8) is 0 Å². The molecule has 2 saturated heterocycles. The molecule has 0 atom stereocenters. The van der Waals surface area contributed by atoms with E-state index in [2.05, 4.69) is 42.6 Å². The van der Waals surface area contributed by atoms with Crippen molar-refractivity contribution in [1.82, 2.24) is 44.8 Å². The number of aromatic nitrogens is 6. The number of carbonyl (C=O) groups excluding carboxylic acids is 3. The number of morpholine rings is 1. The monoisotopic (exact) mass is 615 g/mol. The van der Waals surface area contributed by atoms with Gasteiger partial charge in [-0.2, -0.15) is 23.8 Å². The molecule has 0 radical (unpaired) electrons. The van der Waals surface area contributed by atoms with Crippen LogP contribution in [0.15, 0.2) is 31.4 Å². The molecule has 3 aromatic rings. The van der Waals surface area contributed by atoms with Crippen LogP contribution in [0.1, 0.15) is 32.2 Å². The average Bonchev–Trinajstić information content (AvgIpc) is 3.70. The number of anilines is 2. The first-order chi connectivity index (χ1) is 21.3. The van der Waals surface area contributed by atoms with Gasteiger partial charge in [-0.05, 0) is 25.3 Å². The largest absolute Gasteiger partial charge is 0.378 e. The van der Waals surface area contributed by atoms with Gasteiger partial charge >= 0.3 is 6.55 Å². The van der Waals surface area contributed by atoms with Crippen molar-refractivity contribution in [2.45, 2.75) is 38.3 Å². The molecule has 2 aliphatic heterocycles. The molecule has 3 N–H and O–H groups in total. The maximum Gasteiger partial charge on any atom is 0.333 e. The molecule has 0 aliphatic carbocycles. The molecule has 0 spiro atoms. The Balaban J connectivity index is 1.19. The second-order valence-electron chi connectivity index (χ2n) is 10.4. The predicted molar refractivity (Wildman–Crippen MR) is 155 cm³/mol. The van der Waals surface area contributed by atoms with E-state index in [1.165, 1.54) is 24.8 Å². The zero-order chi connectivity index (χ0) is 31.1. The van der Waals surface area contributed by atoms with Crippen LogP contribution in [-0.4, -0.2) is 110 Å². The molecule has 2 fully saturated rings. The summed E-state index contributed by atoms with van der Waals surface area (Å²) in [5.74, 6) is 0.238. The molecule has 17 heteroatoms. The summed E-state index contributed by atoms with van der Waals surface area (Å²) in [5.41, 5.74) is 1.10. The number of nitrogens with zero attached hydrogens (tertiary/aromatic N) is 8. The highest BCUT2D eigenvalue weighted by Crippen LogP contribution is 2.26. The van der Waals surface area contributed by atoms with Gasteiger partial charge in [0.05, 0.1) is 37.8 Å². The molecule has 15 nitrogen and oxygen atoms in total. The minimum Gasteiger partial charge on any atom is -0.378 e. The van der Waals surface area contributed by atoms with Crippen LogP contribution < -0.4 is 20.9 Å². The minimum atomic E-state index is -2.79. The Hall–Kier alpha value is -4.67. The highest BCUT2D eigenvalue weighted by Gasteiger charge is 2.25. The molecule has 5 rings (SSSR count). The topological polar surface area (TPSA) is 164 Å². The van der Waals surface area contributed by atoms with E-state index in [-0.39, 0.29) is 30.3 Å². The summed E-state index contributed by atoms with van der Waals surface area (Å²) in [7, 11) is 0. The van der Waals surface area contributed by atoms with Crippen LogP contribution in [0.25, 0.3) is 16.9 Å². The number of piperidine rings is 1. The predicted octanol–water partition coefficient (Wildman–Crippen LogP) is 0.845. The van der Waals surface area contributed by atoms with E-state index >= 15 is 0 Å². The van der Waals surface area contributed by atoms with E-state index in [1.807, 2.05) is 4.90 Å². The van der Waals surface area contributed by atoms with Gasteiger partial charge in [-0.3, -0.25) is 19.0 Å². The molecule has 0 bridgehead atoms. The number of rotatable bonds is 12. The van der Waals surface area contributed by atoms with Crippen LogP contribution >= 0.6 is 0 Å². The average molecular weight is 616 g/mol. The molecule has 3 aromatic heterocycles. The van der Waals surface area contributed by atoms with E-state index in [0.29, 0.717) is 105 Å². The Morgan fingerprint density at radius 2 is 1.91 bits per heavy atom. The van der Waals surface area contributed by atoms with Crippen molar-refractivity contribution in [3.05, 3.63) is 31.4 Å². The highest BCUT2D eigenvalue weighted by atomic mass is 19.3. The number of likely N-dealkylation sites (tertiary alicyclic amines) is 1. The Labute approximate surface area is 251 Å². The van der Waals surface area contributed by atoms with Crippen LogP contribution in [0.3, 0.4) is 0 Å². The van der Waals surface area contributed by atoms with E-state index in [0.717, 1.165) is 0 Å². The number of alkyl halides is 2. The summed E-state index contributed by atoms with van der Waals surface area (Å²) in [6.45, 7) is 4.14. The molecule has 0 aromatic carbocycles. The number of carbonyl (C=O) groups is 3. The SMILES string of the molecule is C=CC(=O)NCCCC(=O)N1CCC(NC(=O)CNc2nc(N3CCOCC3)nc3c2ncn3-c2cnn(C(F)F)c2)CC1. The Kier molecular flexibility index (Phi) is 9.93. The molecule has 44 heavy (non-hydrogen) atoms. The third kappa shape index (κ3) is 7.45. The summed E-state index contributed by atoms with van der Waals surface area (Å²) in [6, 6.07) is -0.0832. The lowest BCUT2D eigenvalue weighted by atomic mass is 10.0. The lowest BCUT2D eigenvalue weighted by Crippen LogP contribution is -2.47. The first-order valence-corrected chi connectivity index (χ1v) is 14.4. The van der Waals surface area contributed by atoms with Crippen LogP contribution in [0, 0.1) is 0 Å². The summed E-state index contributed by atoms with van der Waals surface area (Å²) in [5, 5.41) is 12.5. The van der Waals surface area contributed by atoms with Gasteiger partial charge in [0.2, 0.25) is 23.7 Å². The molecular formula is C27H35F2N11O4. The van der Waals surface area contributed by atoms with Crippen molar-refractivity contribution < 1.29 is 27.9 Å². The molecule has 3 amide bonds. The van der Waals surface area contributed by atoms with Gasteiger partial charge in [-0.1, -0.05) is 6.58 Å². The van der Waals surface area contributed by atoms with Gasteiger partial charge in [0, 0.05) is 45.2 Å². The zero-order valence-electron chi connectivity index (χ0n) is 24.1. The van der Waals surface area contributed by atoms with Crippen LogP contribution in [0.4, 0.5) is 20.5 Å². The van der Waals surface area contributed by atoms with Crippen molar-refractivity contribution in [1.29, 1.82) is 0 Å². The fourth-order valence-corrected chi connectivity index (χ4v) is 5.06. The van der Waals surface area contributed by atoms with Crippen molar-refractivity contribution in [3.8, 4) is 5.69 Å². The second kappa shape index (κ2) is 14.2. The fraction of sp³-hybridized carbons (Fsp3) is 0.519. The van der Waals surface area contributed by atoms with E-state index in [4.69, 9.17) is 4.74 Å². The van der Waals surface area contributed by atoms with Crippen molar-refractivity contribution in [2.24, 2.45) is 0 Å². The van der Waals surface area contributed by atoms with Gasteiger partial charge in [0.1, 0.15) is 6.33 Å². The van der Waals surface area contributed by atoms with Crippen LogP contribution in [0.2, 0.25) is 0 Å². The van der Waals surface area contributed by atoms with Gasteiger partial charge in [0.25, 0.3) is 0 Å². The number of fused-ring (bicyclic) bond motifs is 1. The third-order valence-electron chi connectivity index (χ3n) is 7.43. The van der Waals surface area contributed by atoms with Gasteiger partial charge in [-0.15, -0.1) is 0 Å².